The molecule has 0 aliphatic carbocycles. The first-order valence-corrected chi connectivity index (χ1v) is 6.45. The zero-order chi connectivity index (χ0) is 13.1. The Labute approximate surface area is 117 Å². The van der Waals surface area contributed by atoms with Crippen LogP contribution in [0.25, 0.3) is 0 Å². The summed E-state index contributed by atoms with van der Waals surface area (Å²) < 4.78 is 0. The Morgan fingerprint density at radius 2 is 1.89 bits per heavy atom. The smallest absolute Gasteiger partial charge is 0.0624 e. The molecule has 0 radical (unpaired) electrons. The number of nitrogens with two attached hydrogens (primary N) is 1. The number of nitrogens with zero attached hydrogens (tertiary/aromatic N) is 1. The largest absolute Gasteiger partial charge is 0.322 e. The van der Waals surface area contributed by atoms with Crippen molar-refractivity contribution in [1.82, 2.24) is 4.98 Å². The van der Waals surface area contributed by atoms with Crippen LogP contribution in [0.15, 0.2) is 36.4 Å². The van der Waals surface area contributed by atoms with Crippen LogP contribution in [0.4, 0.5) is 0 Å². The van der Waals surface area contributed by atoms with Gasteiger partial charge in [0, 0.05) is 5.69 Å². The molecule has 18 heavy (non-hydrogen) atoms. The Hall–Kier alpha value is -1.09. The van der Waals surface area contributed by atoms with Crippen LogP contribution in [0, 0.1) is 6.92 Å². The van der Waals surface area contributed by atoms with Gasteiger partial charge in [0.1, 0.15) is 0 Å². The van der Waals surface area contributed by atoms with Crippen LogP contribution in [0.1, 0.15) is 23.0 Å². The van der Waals surface area contributed by atoms with E-state index in [9.17, 15) is 0 Å². The highest BCUT2D eigenvalue weighted by Crippen LogP contribution is 2.28. The molecule has 2 nitrogen and oxygen atoms in total. The Bertz CT molecular complexity index is 555. The normalized spacial score (nSPS) is 12.4. The summed E-state index contributed by atoms with van der Waals surface area (Å²) in [4.78, 5) is 4.42. The maximum Gasteiger partial charge on any atom is 0.0624 e. The number of benzene rings is 1. The summed E-state index contributed by atoms with van der Waals surface area (Å²) in [5, 5.41) is 1.13. The van der Waals surface area contributed by atoms with Crippen molar-refractivity contribution in [2.24, 2.45) is 5.73 Å². The summed E-state index contributed by atoms with van der Waals surface area (Å²) in [6, 6.07) is 11.2. The van der Waals surface area contributed by atoms with E-state index in [1.54, 1.807) is 6.07 Å². The lowest BCUT2D eigenvalue weighted by Gasteiger charge is -2.13. The molecule has 0 saturated heterocycles. The molecular weight excluding hydrogens is 267 g/mol. The van der Waals surface area contributed by atoms with Crippen LogP contribution in [0.2, 0.25) is 10.0 Å². The van der Waals surface area contributed by atoms with Gasteiger partial charge in [0.25, 0.3) is 0 Å². The van der Waals surface area contributed by atoms with Crippen LogP contribution < -0.4 is 5.73 Å². The van der Waals surface area contributed by atoms with Gasteiger partial charge in [-0.3, -0.25) is 4.98 Å². The van der Waals surface area contributed by atoms with Crippen LogP contribution in [0.3, 0.4) is 0 Å². The molecule has 94 valence electrons. The van der Waals surface area contributed by atoms with Gasteiger partial charge in [-0.25, -0.2) is 0 Å². The summed E-state index contributed by atoms with van der Waals surface area (Å²) in [6.45, 7) is 1.95. The highest BCUT2D eigenvalue weighted by molar-refractivity contribution is 6.42. The Kier molecular flexibility index (Phi) is 4.23. The number of pyridine rings is 1. The summed E-state index contributed by atoms with van der Waals surface area (Å²) in [7, 11) is 0. The molecule has 2 N–H and O–H groups in total. The Morgan fingerprint density at radius 1 is 1.17 bits per heavy atom. The maximum absolute atomic E-state index is 6.15. The zero-order valence-corrected chi connectivity index (χ0v) is 11.5. The number of aryl methyl sites for hydroxylation is 1. The van der Waals surface area contributed by atoms with Gasteiger partial charge in [-0.2, -0.15) is 0 Å². The summed E-state index contributed by atoms with van der Waals surface area (Å²) in [6.07, 6.45) is 0.621. The van der Waals surface area contributed by atoms with Gasteiger partial charge in [-0.1, -0.05) is 41.4 Å². The van der Waals surface area contributed by atoms with E-state index in [1.807, 2.05) is 37.3 Å². The predicted molar refractivity (Wildman–Crippen MR) is 76.1 cm³/mol. The van der Waals surface area contributed by atoms with Crippen LogP contribution in [0.5, 0.6) is 0 Å². The van der Waals surface area contributed by atoms with E-state index in [4.69, 9.17) is 28.9 Å². The van der Waals surface area contributed by atoms with E-state index in [1.165, 1.54) is 0 Å². The molecule has 2 rings (SSSR count). The highest BCUT2D eigenvalue weighted by Gasteiger charge is 2.12. The monoisotopic (exact) mass is 280 g/mol. The van der Waals surface area contributed by atoms with Crippen molar-refractivity contribution < 1.29 is 0 Å². The molecule has 1 unspecified atom stereocenters. The van der Waals surface area contributed by atoms with Crippen molar-refractivity contribution in [2.45, 2.75) is 19.4 Å². The Morgan fingerprint density at radius 3 is 2.61 bits per heavy atom. The lowest BCUT2D eigenvalue weighted by atomic mass is 10.0. The van der Waals surface area contributed by atoms with Gasteiger partial charge in [0.05, 0.1) is 21.8 Å². The molecule has 0 amide bonds. The van der Waals surface area contributed by atoms with E-state index < -0.39 is 0 Å². The molecule has 2 aromatic rings. The number of hydrogen-bond donors (Lipinski definition) is 1. The first-order chi connectivity index (χ1) is 8.58. The SMILES string of the molecule is Cc1cccc(C(N)Cc2cccc(Cl)c2Cl)n1. The molecule has 0 spiro atoms. The van der Waals surface area contributed by atoms with Gasteiger partial charge in [-0.15, -0.1) is 0 Å². The van der Waals surface area contributed by atoms with Crippen LogP contribution in [-0.4, -0.2) is 4.98 Å². The van der Waals surface area contributed by atoms with Gasteiger partial charge in [0.15, 0.2) is 0 Å². The fourth-order valence-corrected chi connectivity index (χ4v) is 2.22. The molecule has 0 aliphatic rings. The fourth-order valence-electron chi connectivity index (χ4n) is 1.82. The number of aromatic nitrogens is 1. The van der Waals surface area contributed by atoms with Gasteiger partial charge >= 0.3 is 0 Å². The van der Waals surface area contributed by atoms with E-state index in [2.05, 4.69) is 4.98 Å². The molecule has 0 saturated carbocycles. The lowest BCUT2D eigenvalue weighted by molar-refractivity contribution is 0.693. The van der Waals surface area contributed by atoms with Gasteiger partial charge < -0.3 is 5.73 Å². The molecule has 1 aromatic carbocycles. The first-order valence-electron chi connectivity index (χ1n) is 5.70. The zero-order valence-electron chi connectivity index (χ0n) is 10.0. The van der Waals surface area contributed by atoms with Crippen molar-refractivity contribution in [1.29, 1.82) is 0 Å². The second-order valence-corrected chi connectivity index (χ2v) is 5.01. The average molecular weight is 281 g/mol. The molecule has 0 bridgehead atoms. The third kappa shape index (κ3) is 3.02. The van der Waals surface area contributed by atoms with Crippen LogP contribution >= 0.6 is 23.2 Å². The topological polar surface area (TPSA) is 38.9 Å². The van der Waals surface area contributed by atoms with E-state index in [0.717, 1.165) is 17.0 Å². The van der Waals surface area contributed by atoms with E-state index in [0.29, 0.717) is 16.5 Å². The van der Waals surface area contributed by atoms with Crippen molar-refractivity contribution in [2.75, 3.05) is 0 Å². The average Bonchev–Trinajstić information content (AvgIpc) is 2.35. The Balaban J connectivity index is 2.21. The first kappa shape index (κ1) is 13.3. The minimum Gasteiger partial charge on any atom is -0.322 e. The second kappa shape index (κ2) is 5.70. The molecular formula is C14H14Cl2N2. The number of rotatable bonds is 3. The quantitative estimate of drug-likeness (QED) is 0.925. The second-order valence-electron chi connectivity index (χ2n) is 4.23. The van der Waals surface area contributed by atoms with Crippen molar-refractivity contribution in [3.05, 3.63) is 63.4 Å². The highest BCUT2D eigenvalue weighted by atomic mass is 35.5. The number of halogens is 2. The summed E-state index contributed by atoms with van der Waals surface area (Å²) in [5.74, 6) is 0. The van der Waals surface area contributed by atoms with Crippen molar-refractivity contribution in [3.8, 4) is 0 Å². The summed E-state index contributed by atoms with van der Waals surface area (Å²) >= 11 is 12.1. The van der Waals surface area contributed by atoms with Gasteiger partial charge in [0.2, 0.25) is 0 Å². The standard InChI is InChI=1S/C14H14Cl2N2/c1-9-4-2-7-13(18-9)12(17)8-10-5-3-6-11(15)14(10)16/h2-7,12H,8,17H2,1H3. The van der Waals surface area contributed by atoms with Crippen molar-refractivity contribution in [3.63, 3.8) is 0 Å². The molecule has 1 heterocycles. The van der Waals surface area contributed by atoms with Crippen molar-refractivity contribution >= 4 is 23.2 Å². The fraction of sp³-hybridized carbons (Fsp3) is 0.214. The molecule has 1 atom stereocenters. The molecule has 1 aromatic heterocycles. The maximum atomic E-state index is 6.15. The van der Waals surface area contributed by atoms with E-state index in [-0.39, 0.29) is 6.04 Å². The molecule has 0 aliphatic heterocycles. The van der Waals surface area contributed by atoms with Gasteiger partial charge in [-0.05, 0) is 37.1 Å². The predicted octanol–water partition coefficient (Wildman–Crippen LogP) is 3.94. The summed E-state index contributed by atoms with van der Waals surface area (Å²) in [5.41, 5.74) is 8.92. The third-order valence-electron chi connectivity index (χ3n) is 2.76. The molecule has 4 heteroatoms. The van der Waals surface area contributed by atoms with Crippen LogP contribution in [-0.2, 0) is 6.42 Å². The minimum atomic E-state index is -0.180. The number of hydrogen-bond acceptors (Lipinski definition) is 2. The molecule has 0 fully saturated rings. The van der Waals surface area contributed by atoms with E-state index >= 15 is 0 Å². The third-order valence-corrected chi connectivity index (χ3v) is 3.62. The minimum absolute atomic E-state index is 0.180. The lowest BCUT2D eigenvalue weighted by Crippen LogP contribution is -2.15.